The Bertz CT molecular complexity index is 1200. The molecular formula is C23H19ClN2O3. The lowest BCUT2D eigenvalue weighted by molar-refractivity contribution is 0.0699. The highest BCUT2D eigenvalue weighted by atomic mass is 35.5. The minimum atomic E-state index is -0.963. The van der Waals surface area contributed by atoms with Crippen molar-refractivity contribution in [3.8, 4) is 5.75 Å². The van der Waals surface area contributed by atoms with Crippen LogP contribution in [-0.2, 0) is 13.2 Å². The standard InChI is InChI=1S/C23H19ClN2O3/c1-15-9-10-22(29-14-16-5-2-3-7-20(16)24)17(11-15)13-26-21-8-4-6-18(23(27)28)19(21)12-25-26/h2-12H,13-14H2,1H3,(H,27,28). The van der Waals surface area contributed by atoms with Crippen molar-refractivity contribution in [1.82, 2.24) is 9.78 Å². The van der Waals surface area contributed by atoms with E-state index in [0.29, 0.717) is 23.6 Å². The van der Waals surface area contributed by atoms with Crippen molar-refractivity contribution >= 4 is 28.5 Å². The first-order chi connectivity index (χ1) is 14.0. The highest BCUT2D eigenvalue weighted by Gasteiger charge is 2.14. The van der Waals surface area contributed by atoms with Gasteiger partial charge in [0.15, 0.2) is 0 Å². The Morgan fingerprint density at radius 1 is 1.10 bits per heavy atom. The van der Waals surface area contributed by atoms with Crippen LogP contribution >= 0.6 is 11.6 Å². The van der Waals surface area contributed by atoms with E-state index in [0.717, 1.165) is 28.0 Å². The van der Waals surface area contributed by atoms with E-state index in [-0.39, 0.29) is 5.56 Å². The molecule has 0 aliphatic rings. The molecule has 0 saturated carbocycles. The number of carboxylic acids is 1. The summed E-state index contributed by atoms with van der Waals surface area (Å²) >= 11 is 6.23. The molecule has 1 heterocycles. The molecule has 0 bridgehead atoms. The molecule has 29 heavy (non-hydrogen) atoms. The summed E-state index contributed by atoms with van der Waals surface area (Å²) in [5, 5.41) is 15.1. The number of carboxylic acid groups (broad SMARTS) is 1. The summed E-state index contributed by atoms with van der Waals surface area (Å²) in [6, 6.07) is 18.8. The van der Waals surface area contributed by atoms with Crippen molar-refractivity contribution < 1.29 is 14.6 Å². The molecule has 0 aliphatic carbocycles. The van der Waals surface area contributed by atoms with Crippen LogP contribution in [0.2, 0.25) is 5.02 Å². The Labute approximate surface area is 173 Å². The summed E-state index contributed by atoms with van der Waals surface area (Å²) in [7, 11) is 0. The Kier molecular flexibility index (Phi) is 5.23. The number of hydrogen-bond donors (Lipinski definition) is 1. The van der Waals surface area contributed by atoms with Gasteiger partial charge in [-0.3, -0.25) is 4.68 Å². The summed E-state index contributed by atoms with van der Waals surface area (Å²) in [5.41, 5.74) is 3.99. The van der Waals surface area contributed by atoms with Crippen LogP contribution in [0, 0.1) is 6.92 Å². The number of fused-ring (bicyclic) bond motifs is 1. The number of halogens is 1. The quantitative estimate of drug-likeness (QED) is 0.470. The molecule has 0 fully saturated rings. The molecule has 0 aliphatic heterocycles. The van der Waals surface area contributed by atoms with Crippen LogP contribution in [-0.4, -0.2) is 20.9 Å². The average molecular weight is 407 g/mol. The summed E-state index contributed by atoms with van der Waals surface area (Å²) in [6.07, 6.45) is 1.60. The van der Waals surface area contributed by atoms with Crippen molar-refractivity contribution in [2.24, 2.45) is 0 Å². The van der Waals surface area contributed by atoms with Gasteiger partial charge in [-0.15, -0.1) is 0 Å². The predicted octanol–water partition coefficient (Wildman–Crippen LogP) is 5.32. The molecular weight excluding hydrogens is 388 g/mol. The molecule has 4 rings (SSSR count). The second kappa shape index (κ2) is 7.97. The second-order valence-corrected chi connectivity index (χ2v) is 7.24. The predicted molar refractivity (Wildman–Crippen MR) is 113 cm³/mol. The highest BCUT2D eigenvalue weighted by Crippen LogP contribution is 2.26. The lowest BCUT2D eigenvalue weighted by atomic mass is 10.1. The normalized spacial score (nSPS) is 11.0. The Balaban J connectivity index is 1.65. The number of aromatic carboxylic acids is 1. The molecule has 146 valence electrons. The van der Waals surface area contributed by atoms with E-state index in [2.05, 4.69) is 11.2 Å². The van der Waals surface area contributed by atoms with E-state index >= 15 is 0 Å². The molecule has 1 N–H and O–H groups in total. The van der Waals surface area contributed by atoms with Gasteiger partial charge < -0.3 is 9.84 Å². The number of carbonyl (C=O) groups is 1. The van der Waals surface area contributed by atoms with E-state index in [1.807, 2.05) is 49.4 Å². The van der Waals surface area contributed by atoms with Gasteiger partial charge in [0.05, 0.1) is 23.8 Å². The number of rotatable bonds is 6. The molecule has 0 atom stereocenters. The average Bonchev–Trinajstić information content (AvgIpc) is 3.11. The Hall–Kier alpha value is -3.31. The van der Waals surface area contributed by atoms with Crippen molar-refractivity contribution in [2.45, 2.75) is 20.1 Å². The maximum absolute atomic E-state index is 11.5. The smallest absolute Gasteiger partial charge is 0.336 e. The van der Waals surface area contributed by atoms with Gasteiger partial charge in [0, 0.05) is 21.5 Å². The lowest BCUT2D eigenvalue weighted by Gasteiger charge is -2.14. The van der Waals surface area contributed by atoms with Crippen molar-refractivity contribution in [1.29, 1.82) is 0 Å². The van der Waals surface area contributed by atoms with Crippen molar-refractivity contribution in [3.05, 3.63) is 94.1 Å². The van der Waals surface area contributed by atoms with Crippen LogP contribution in [0.3, 0.4) is 0 Å². The maximum Gasteiger partial charge on any atom is 0.336 e. The van der Waals surface area contributed by atoms with Gasteiger partial charge in [-0.05, 0) is 31.2 Å². The molecule has 6 heteroatoms. The fourth-order valence-electron chi connectivity index (χ4n) is 3.32. The number of hydrogen-bond acceptors (Lipinski definition) is 3. The highest BCUT2D eigenvalue weighted by molar-refractivity contribution is 6.31. The van der Waals surface area contributed by atoms with E-state index < -0.39 is 5.97 Å². The maximum atomic E-state index is 11.5. The van der Waals surface area contributed by atoms with Crippen LogP contribution in [0.25, 0.3) is 10.9 Å². The van der Waals surface area contributed by atoms with Gasteiger partial charge >= 0.3 is 5.97 Å². The van der Waals surface area contributed by atoms with Gasteiger partial charge in [0.2, 0.25) is 0 Å². The number of aromatic nitrogens is 2. The fraction of sp³-hybridized carbons (Fsp3) is 0.130. The first-order valence-corrected chi connectivity index (χ1v) is 9.54. The minimum Gasteiger partial charge on any atom is -0.488 e. The summed E-state index contributed by atoms with van der Waals surface area (Å²) in [6.45, 7) is 2.84. The zero-order chi connectivity index (χ0) is 20.4. The van der Waals surface area contributed by atoms with Crippen molar-refractivity contribution in [3.63, 3.8) is 0 Å². The third-order valence-corrected chi connectivity index (χ3v) is 5.16. The van der Waals surface area contributed by atoms with Crippen LogP contribution in [0.5, 0.6) is 5.75 Å². The number of ether oxygens (including phenoxy) is 1. The van der Waals surface area contributed by atoms with E-state index in [4.69, 9.17) is 16.3 Å². The van der Waals surface area contributed by atoms with Gasteiger partial charge in [-0.2, -0.15) is 5.10 Å². The molecule has 5 nitrogen and oxygen atoms in total. The molecule has 0 spiro atoms. The molecule has 0 saturated heterocycles. The van der Waals surface area contributed by atoms with E-state index in [1.54, 1.807) is 23.0 Å². The minimum absolute atomic E-state index is 0.244. The third kappa shape index (κ3) is 3.96. The van der Waals surface area contributed by atoms with E-state index in [1.165, 1.54) is 0 Å². The van der Waals surface area contributed by atoms with Gasteiger partial charge in [0.25, 0.3) is 0 Å². The van der Waals surface area contributed by atoms with Crippen LogP contribution in [0.15, 0.2) is 66.9 Å². The topological polar surface area (TPSA) is 64.4 Å². The van der Waals surface area contributed by atoms with Crippen LogP contribution < -0.4 is 4.74 Å². The van der Waals surface area contributed by atoms with E-state index in [9.17, 15) is 9.90 Å². The van der Waals surface area contributed by atoms with Crippen LogP contribution in [0.4, 0.5) is 0 Å². The van der Waals surface area contributed by atoms with Crippen LogP contribution in [0.1, 0.15) is 27.0 Å². The summed E-state index contributed by atoms with van der Waals surface area (Å²) in [5.74, 6) is -0.219. The molecule has 3 aromatic carbocycles. The third-order valence-electron chi connectivity index (χ3n) is 4.79. The monoisotopic (exact) mass is 406 g/mol. The largest absolute Gasteiger partial charge is 0.488 e. The molecule has 0 amide bonds. The Morgan fingerprint density at radius 3 is 2.72 bits per heavy atom. The molecule has 0 unspecified atom stereocenters. The zero-order valence-corrected chi connectivity index (χ0v) is 16.6. The fourth-order valence-corrected chi connectivity index (χ4v) is 3.51. The molecule has 0 radical (unpaired) electrons. The SMILES string of the molecule is Cc1ccc(OCc2ccccc2Cl)c(Cn2ncc3c(C(=O)O)cccc32)c1. The summed E-state index contributed by atoms with van der Waals surface area (Å²) in [4.78, 5) is 11.5. The van der Waals surface area contributed by atoms with Gasteiger partial charge in [-0.25, -0.2) is 4.79 Å². The second-order valence-electron chi connectivity index (χ2n) is 6.84. The van der Waals surface area contributed by atoms with Crippen molar-refractivity contribution in [2.75, 3.05) is 0 Å². The zero-order valence-electron chi connectivity index (χ0n) is 15.8. The lowest BCUT2D eigenvalue weighted by Crippen LogP contribution is -2.06. The summed E-state index contributed by atoms with van der Waals surface area (Å²) < 4.78 is 7.85. The Morgan fingerprint density at radius 2 is 1.93 bits per heavy atom. The first-order valence-electron chi connectivity index (χ1n) is 9.16. The molecule has 1 aromatic heterocycles. The number of aryl methyl sites for hydroxylation is 1. The first kappa shape index (κ1) is 19.0. The number of nitrogens with zero attached hydrogens (tertiary/aromatic N) is 2. The molecule has 4 aromatic rings. The number of benzene rings is 3. The van der Waals surface area contributed by atoms with Gasteiger partial charge in [-0.1, -0.05) is 53.6 Å². The van der Waals surface area contributed by atoms with Gasteiger partial charge in [0.1, 0.15) is 12.4 Å².